The normalized spacial score (nSPS) is 16.5. The van der Waals surface area contributed by atoms with Gasteiger partial charge in [0.1, 0.15) is 12.1 Å². The molecule has 2 heterocycles. The maximum atomic E-state index is 5.57. The van der Waals surface area contributed by atoms with Crippen molar-refractivity contribution in [1.29, 1.82) is 0 Å². The van der Waals surface area contributed by atoms with Crippen LogP contribution in [0.3, 0.4) is 0 Å². The summed E-state index contributed by atoms with van der Waals surface area (Å²) in [6.07, 6.45) is 4.04. The second-order valence-corrected chi connectivity index (χ2v) is 6.05. The van der Waals surface area contributed by atoms with E-state index in [9.17, 15) is 0 Å². The Balaban J connectivity index is 1.94. The second kappa shape index (κ2) is 7.59. The van der Waals surface area contributed by atoms with Crippen LogP contribution in [0, 0.1) is 12.8 Å². The predicted molar refractivity (Wildman–Crippen MR) is 86.0 cm³/mol. The Morgan fingerprint density at radius 2 is 2.05 bits per heavy atom. The summed E-state index contributed by atoms with van der Waals surface area (Å²) in [4.78, 5) is 11.0. The molecule has 1 N–H and O–H groups in total. The fraction of sp³-hybridized carbons (Fsp3) is 0.750. The van der Waals surface area contributed by atoms with E-state index >= 15 is 0 Å². The molecule has 5 heteroatoms. The largest absolute Gasteiger partial charge is 0.478 e. The Morgan fingerprint density at radius 1 is 1.33 bits per heavy atom. The molecule has 1 aromatic heterocycles. The third kappa shape index (κ3) is 4.30. The summed E-state index contributed by atoms with van der Waals surface area (Å²) in [5.41, 5.74) is 1.05. The lowest BCUT2D eigenvalue weighted by Crippen LogP contribution is -2.39. The summed E-state index contributed by atoms with van der Waals surface area (Å²) < 4.78 is 5.57. The summed E-state index contributed by atoms with van der Waals surface area (Å²) in [7, 11) is 0. The Hall–Kier alpha value is -1.36. The van der Waals surface area contributed by atoms with Crippen LogP contribution in [-0.4, -0.2) is 42.3 Å². The van der Waals surface area contributed by atoms with Crippen LogP contribution in [0.15, 0.2) is 6.33 Å². The molecule has 0 spiro atoms. The number of nitrogens with one attached hydrogen (secondary N) is 1. The van der Waals surface area contributed by atoms with Gasteiger partial charge in [-0.25, -0.2) is 9.97 Å². The Morgan fingerprint density at radius 3 is 2.67 bits per heavy atom. The van der Waals surface area contributed by atoms with Crippen LogP contribution in [0.4, 0.5) is 5.82 Å². The van der Waals surface area contributed by atoms with Crippen molar-refractivity contribution in [2.75, 3.05) is 31.1 Å². The van der Waals surface area contributed by atoms with E-state index in [1.54, 1.807) is 6.33 Å². The van der Waals surface area contributed by atoms with Crippen molar-refractivity contribution in [2.45, 2.75) is 46.6 Å². The summed E-state index contributed by atoms with van der Waals surface area (Å²) >= 11 is 0. The van der Waals surface area contributed by atoms with Gasteiger partial charge >= 0.3 is 0 Å². The number of aromatic nitrogens is 2. The van der Waals surface area contributed by atoms with E-state index < -0.39 is 0 Å². The van der Waals surface area contributed by atoms with Gasteiger partial charge < -0.3 is 15.0 Å². The number of ether oxygens (including phenoxy) is 1. The van der Waals surface area contributed by atoms with Crippen molar-refractivity contribution >= 4 is 5.82 Å². The molecule has 21 heavy (non-hydrogen) atoms. The summed E-state index contributed by atoms with van der Waals surface area (Å²) in [5.74, 6) is 2.52. The average molecular weight is 292 g/mol. The minimum Gasteiger partial charge on any atom is -0.478 e. The smallest absolute Gasteiger partial charge is 0.221 e. The van der Waals surface area contributed by atoms with Gasteiger partial charge in [-0.2, -0.15) is 0 Å². The monoisotopic (exact) mass is 292 g/mol. The van der Waals surface area contributed by atoms with Crippen LogP contribution >= 0.6 is 0 Å². The fourth-order valence-electron chi connectivity index (χ4n) is 2.78. The lowest BCUT2D eigenvalue weighted by atomic mass is 9.96. The van der Waals surface area contributed by atoms with Gasteiger partial charge in [0.15, 0.2) is 0 Å². The zero-order valence-corrected chi connectivity index (χ0v) is 13.7. The summed E-state index contributed by atoms with van der Waals surface area (Å²) in [6.45, 7) is 12.3. The zero-order chi connectivity index (χ0) is 15.2. The van der Waals surface area contributed by atoms with Crippen molar-refractivity contribution in [3.63, 3.8) is 0 Å². The molecule has 0 atom stereocenters. The molecule has 0 bridgehead atoms. The average Bonchev–Trinajstić information content (AvgIpc) is 2.48. The second-order valence-electron chi connectivity index (χ2n) is 6.05. The Labute approximate surface area is 128 Å². The number of anilines is 1. The molecular weight excluding hydrogens is 264 g/mol. The zero-order valence-electron chi connectivity index (χ0n) is 13.7. The van der Waals surface area contributed by atoms with Crippen molar-refractivity contribution in [3.8, 4) is 5.88 Å². The first-order chi connectivity index (χ1) is 10.1. The minimum atomic E-state index is 0.570. The van der Waals surface area contributed by atoms with Crippen LogP contribution in [0.1, 0.15) is 39.2 Å². The quantitative estimate of drug-likeness (QED) is 0.872. The predicted octanol–water partition coefficient (Wildman–Crippen LogP) is 2.40. The molecule has 0 unspecified atom stereocenters. The molecule has 1 fully saturated rings. The molecule has 118 valence electrons. The highest BCUT2D eigenvalue weighted by Gasteiger charge is 2.22. The number of hydrogen-bond acceptors (Lipinski definition) is 5. The molecule has 0 aromatic carbocycles. The van der Waals surface area contributed by atoms with Gasteiger partial charge in [-0.3, -0.25) is 0 Å². The fourth-order valence-corrected chi connectivity index (χ4v) is 2.78. The lowest BCUT2D eigenvalue weighted by Gasteiger charge is -2.34. The molecule has 1 aliphatic heterocycles. The summed E-state index contributed by atoms with van der Waals surface area (Å²) in [6, 6.07) is 0.570. The molecule has 2 rings (SSSR count). The molecule has 1 aliphatic rings. The van der Waals surface area contributed by atoms with Crippen molar-refractivity contribution < 1.29 is 4.74 Å². The summed E-state index contributed by atoms with van der Waals surface area (Å²) in [5, 5.41) is 3.54. The molecular formula is C16H28N4O. The molecule has 1 aromatic rings. The number of piperidine rings is 1. The van der Waals surface area contributed by atoms with E-state index in [1.165, 1.54) is 12.8 Å². The van der Waals surface area contributed by atoms with Gasteiger partial charge in [0, 0.05) is 19.1 Å². The highest BCUT2D eigenvalue weighted by atomic mass is 16.5. The highest BCUT2D eigenvalue weighted by molar-refractivity contribution is 5.50. The minimum absolute atomic E-state index is 0.570. The molecule has 0 radical (unpaired) electrons. The van der Waals surface area contributed by atoms with E-state index in [0.717, 1.165) is 36.9 Å². The van der Waals surface area contributed by atoms with Gasteiger partial charge in [-0.05, 0) is 39.2 Å². The Kier molecular flexibility index (Phi) is 5.79. The molecule has 1 saturated heterocycles. The maximum Gasteiger partial charge on any atom is 0.221 e. The van der Waals surface area contributed by atoms with Gasteiger partial charge in [0.25, 0.3) is 0 Å². The SMILES string of the molecule is CCOc1ncnc(N2CCC(CNC(C)C)CC2)c1C. The van der Waals surface area contributed by atoms with Gasteiger partial charge in [0.05, 0.1) is 12.2 Å². The number of nitrogens with zero attached hydrogens (tertiary/aromatic N) is 3. The Bertz CT molecular complexity index is 442. The van der Waals surface area contributed by atoms with E-state index in [2.05, 4.69) is 34.0 Å². The molecule has 0 amide bonds. The first-order valence-corrected chi connectivity index (χ1v) is 8.04. The topological polar surface area (TPSA) is 50.3 Å². The van der Waals surface area contributed by atoms with Crippen LogP contribution < -0.4 is 15.0 Å². The van der Waals surface area contributed by atoms with Crippen LogP contribution in [0.25, 0.3) is 0 Å². The molecule has 5 nitrogen and oxygen atoms in total. The third-order valence-corrected chi connectivity index (χ3v) is 4.02. The number of hydrogen-bond donors (Lipinski definition) is 1. The van der Waals surface area contributed by atoms with E-state index in [0.29, 0.717) is 18.5 Å². The molecule has 0 saturated carbocycles. The van der Waals surface area contributed by atoms with Crippen molar-refractivity contribution in [2.24, 2.45) is 5.92 Å². The van der Waals surface area contributed by atoms with E-state index in [4.69, 9.17) is 4.74 Å². The van der Waals surface area contributed by atoms with Crippen molar-refractivity contribution in [3.05, 3.63) is 11.9 Å². The third-order valence-electron chi connectivity index (χ3n) is 4.02. The standard InChI is InChI=1S/C16H28N4O/c1-5-21-16-13(4)15(18-11-19-16)20-8-6-14(7-9-20)10-17-12(2)3/h11-12,14,17H,5-10H2,1-4H3. The van der Waals surface area contributed by atoms with E-state index in [-0.39, 0.29) is 0 Å². The first-order valence-electron chi connectivity index (χ1n) is 8.04. The van der Waals surface area contributed by atoms with Gasteiger partial charge in [0.2, 0.25) is 5.88 Å². The number of rotatable bonds is 6. The highest BCUT2D eigenvalue weighted by Crippen LogP contribution is 2.27. The van der Waals surface area contributed by atoms with Crippen LogP contribution in [-0.2, 0) is 0 Å². The lowest BCUT2D eigenvalue weighted by molar-refractivity contribution is 0.323. The first kappa shape index (κ1) is 16.0. The maximum absolute atomic E-state index is 5.57. The van der Waals surface area contributed by atoms with Crippen molar-refractivity contribution in [1.82, 2.24) is 15.3 Å². The van der Waals surface area contributed by atoms with Crippen LogP contribution in [0.2, 0.25) is 0 Å². The van der Waals surface area contributed by atoms with Crippen LogP contribution in [0.5, 0.6) is 5.88 Å². The molecule has 0 aliphatic carbocycles. The van der Waals surface area contributed by atoms with Gasteiger partial charge in [-0.15, -0.1) is 0 Å². The van der Waals surface area contributed by atoms with E-state index in [1.807, 2.05) is 13.8 Å². The van der Waals surface area contributed by atoms with Gasteiger partial charge in [-0.1, -0.05) is 13.8 Å².